The maximum Gasteiger partial charge on any atom is 0.355 e. The standard InChI is InChI=1S/C15H15N5O3S/c1-8-5-12-17-6-10(9(2)20(12)19-8)14(21)16-4-3-13-18-11(7-24-13)15(22)23/h5-7H,3-4H2,1-2H3,(H,16,21)(H,22,23). The van der Waals surface area contributed by atoms with Crippen LogP contribution < -0.4 is 5.32 Å². The van der Waals surface area contributed by atoms with Crippen LogP contribution >= 0.6 is 11.3 Å². The van der Waals surface area contributed by atoms with Gasteiger partial charge >= 0.3 is 5.97 Å². The van der Waals surface area contributed by atoms with Crippen LogP contribution in [0.15, 0.2) is 17.6 Å². The van der Waals surface area contributed by atoms with E-state index < -0.39 is 5.97 Å². The lowest BCUT2D eigenvalue weighted by molar-refractivity contribution is 0.0690. The van der Waals surface area contributed by atoms with Crippen molar-refractivity contribution in [3.63, 3.8) is 0 Å². The van der Waals surface area contributed by atoms with Gasteiger partial charge in [0.2, 0.25) is 0 Å². The zero-order chi connectivity index (χ0) is 17.3. The first-order valence-corrected chi connectivity index (χ1v) is 8.11. The second-order valence-corrected chi connectivity index (χ2v) is 6.19. The molecule has 3 heterocycles. The largest absolute Gasteiger partial charge is 0.476 e. The predicted octanol–water partition coefficient (Wildman–Crippen LogP) is 1.47. The van der Waals surface area contributed by atoms with Gasteiger partial charge in [-0.25, -0.2) is 19.3 Å². The molecule has 0 fully saturated rings. The number of thiazole rings is 1. The van der Waals surface area contributed by atoms with E-state index in [2.05, 4.69) is 20.4 Å². The highest BCUT2D eigenvalue weighted by molar-refractivity contribution is 7.09. The second-order valence-electron chi connectivity index (χ2n) is 5.25. The van der Waals surface area contributed by atoms with Crippen LogP contribution in [-0.2, 0) is 6.42 Å². The monoisotopic (exact) mass is 345 g/mol. The molecule has 0 unspecified atom stereocenters. The number of carbonyl (C=O) groups is 2. The van der Waals surface area contributed by atoms with Gasteiger partial charge in [-0.2, -0.15) is 5.10 Å². The SMILES string of the molecule is Cc1cc2ncc(C(=O)NCCc3nc(C(=O)O)cs3)c(C)n2n1. The Morgan fingerprint density at radius 3 is 2.88 bits per heavy atom. The molecule has 3 aromatic heterocycles. The molecule has 9 heteroatoms. The van der Waals surface area contributed by atoms with Gasteiger partial charge in [-0.1, -0.05) is 0 Å². The maximum absolute atomic E-state index is 12.3. The fraction of sp³-hybridized carbons (Fsp3) is 0.267. The minimum Gasteiger partial charge on any atom is -0.476 e. The number of nitrogens with zero attached hydrogens (tertiary/aromatic N) is 4. The highest BCUT2D eigenvalue weighted by atomic mass is 32.1. The van der Waals surface area contributed by atoms with Gasteiger partial charge in [-0.05, 0) is 13.8 Å². The lowest BCUT2D eigenvalue weighted by Gasteiger charge is -2.07. The Kier molecular flexibility index (Phi) is 4.26. The molecule has 1 amide bonds. The molecule has 124 valence electrons. The van der Waals surface area contributed by atoms with Crippen LogP contribution in [0.4, 0.5) is 0 Å². The molecule has 2 N–H and O–H groups in total. The minimum absolute atomic E-state index is 0.0286. The zero-order valence-electron chi connectivity index (χ0n) is 13.1. The van der Waals surface area contributed by atoms with E-state index in [0.29, 0.717) is 34.9 Å². The first-order valence-electron chi connectivity index (χ1n) is 7.23. The molecule has 0 spiro atoms. The number of aryl methyl sites for hydroxylation is 2. The summed E-state index contributed by atoms with van der Waals surface area (Å²) in [5, 5.41) is 18.1. The van der Waals surface area contributed by atoms with Gasteiger partial charge in [0.25, 0.3) is 5.91 Å². The number of carbonyl (C=O) groups excluding carboxylic acids is 1. The summed E-state index contributed by atoms with van der Waals surface area (Å²) in [6.45, 7) is 4.05. The molecule has 0 aliphatic carbocycles. The lowest BCUT2D eigenvalue weighted by Crippen LogP contribution is -2.27. The van der Waals surface area contributed by atoms with E-state index in [1.807, 2.05) is 19.9 Å². The first-order chi connectivity index (χ1) is 11.5. The quantitative estimate of drug-likeness (QED) is 0.725. The summed E-state index contributed by atoms with van der Waals surface area (Å²) in [7, 11) is 0. The summed E-state index contributed by atoms with van der Waals surface area (Å²) in [5.41, 5.74) is 2.73. The normalized spacial score (nSPS) is 10.9. The van der Waals surface area contributed by atoms with Crippen LogP contribution in [-0.4, -0.2) is 43.1 Å². The number of carboxylic acid groups (broad SMARTS) is 1. The van der Waals surface area contributed by atoms with Crippen LogP contribution in [0.2, 0.25) is 0 Å². The number of hydrogen-bond donors (Lipinski definition) is 2. The number of rotatable bonds is 5. The fourth-order valence-electron chi connectivity index (χ4n) is 2.29. The van der Waals surface area contributed by atoms with E-state index in [0.717, 1.165) is 5.69 Å². The van der Waals surface area contributed by atoms with Crippen molar-refractivity contribution in [1.82, 2.24) is 24.9 Å². The van der Waals surface area contributed by atoms with Crippen LogP contribution in [0, 0.1) is 13.8 Å². The van der Waals surface area contributed by atoms with E-state index in [1.165, 1.54) is 22.9 Å². The smallest absolute Gasteiger partial charge is 0.355 e. The van der Waals surface area contributed by atoms with E-state index in [1.54, 1.807) is 4.52 Å². The third-order valence-electron chi connectivity index (χ3n) is 3.49. The fourth-order valence-corrected chi connectivity index (χ4v) is 3.06. The Morgan fingerprint density at radius 2 is 2.17 bits per heavy atom. The molecule has 0 aliphatic rings. The van der Waals surface area contributed by atoms with Crippen molar-refractivity contribution < 1.29 is 14.7 Å². The number of amides is 1. The summed E-state index contributed by atoms with van der Waals surface area (Å²) in [6.07, 6.45) is 2.01. The number of nitrogens with one attached hydrogen (secondary N) is 1. The van der Waals surface area contributed by atoms with Gasteiger partial charge in [0.15, 0.2) is 11.3 Å². The number of aromatic carboxylic acids is 1. The third kappa shape index (κ3) is 3.11. The Hall–Kier alpha value is -2.81. The number of aromatic nitrogens is 4. The number of carboxylic acids is 1. The molecule has 0 bridgehead atoms. The van der Waals surface area contributed by atoms with Gasteiger partial charge in [0.1, 0.15) is 0 Å². The summed E-state index contributed by atoms with van der Waals surface area (Å²) in [5.74, 6) is -1.30. The van der Waals surface area contributed by atoms with Crippen LogP contribution in [0.1, 0.15) is 37.2 Å². The predicted molar refractivity (Wildman–Crippen MR) is 87.6 cm³/mol. The van der Waals surface area contributed by atoms with Crippen molar-refractivity contribution >= 4 is 28.9 Å². The van der Waals surface area contributed by atoms with E-state index in [-0.39, 0.29) is 11.6 Å². The summed E-state index contributed by atoms with van der Waals surface area (Å²) < 4.78 is 1.64. The van der Waals surface area contributed by atoms with E-state index in [4.69, 9.17) is 5.11 Å². The molecule has 24 heavy (non-hydrogen) atoms. The molecule has 0 aliphatic heterocycles. The summed E-state index contributed by atoms with van der Waals surface area (Å²) in [4.78, 5) is 31.3. The molecule has 0 radical (unpaired) electrons. The number of fused-ring (bicyclic) bond motifs is 1. The first kappa shape index (κ1) is 16.1. The molecular weight excluding hydrogens is 330 g/mol. The van der Waals surface area contributed by atoms with Gasteiger partial charge in [0, 0.05) is 30.6 Å². The van der Waals surface area contributed by atoms with Crippen molar-refractivity contribution in [2.75, 3.05) is 6.54 Å². The molecule has 0 atom stereocenters. The van der Waals surface area contributed by atoms with Crippen LogP contribution in [0.5, 0.6) is 0 Å². The van der Waals surface area contributed by atoms with Crippen molar-refractivity contribution in [3.05, 3.63) is 45.3 Å². The zero-order valence-corrected chi connectivity index (χ0v) is 13.9. The molecule has 3 aromatic rings. The topological polar surface area (TPSA) is 109 Å². The van der Waals surface area contributed by atoms with Gasteiger partial charge in [-0.3, -0.25) is 4.79 Å². The lowest BCUT2D eigenvalue weighted by atomic mass is 10.2. The molecule has 3 rings (SSSR count). The highest BCUT2D eigenvalue weighted by Crippen LogP contribution is 2.12. The minimum atomic E-state index is -1.05. The van der Waals surface area contributed by atoms with E-state index >= 15 is 0 Å². The molecule has 0 aromatic carbocycles. The summed E-state index contributed by atoms with van der Waals surface area (Å²) >= 11 is 1.26. The molecular formula is C15H15N5O3S. The Labute approximate surface area is 141 Å². The third-order valence-corrected chi connectivity index (χ3v) is 4.39. The Balaban J connectivity index is 1.66. The molecule has 0 saturated heterocycles. The summed E-state index contributed by atoms with van der Waals surface area (Å²) in [6, 6.07) is 1.84. The van der Waals surface area contributed by atoms with Crippen molar-refractivity contribution in [3.8, 4) is 0 Å². The Bertz CT molecular complexity index is 930. The second kappa shape index (κ2) is 6.36. The highest BCUT2D eigenvalue weighted by Gasteiger charge is 2.14. The average molecular weight is 345 g/mol. The van der Waals surface area contributed by atoms with E-state index in [9.17, 15) is 9.59 Å². The van der Waals surface area contributed by atoms with Crippen LogP contribution in [0.25, 0.3) is 5.65 Å². The van der Waals surface area contributed by atoms with Crippen molar-refractivity contribution in [2.24, 2.45) is 0 Å². The molecule has 0 saturated carbocycles. The van der Waals surface area contributed by atoms with Crippen molar-refractivity contribution in [1.29, 1.82) is 0 Å². The Morgan fingerprint density at radius 1 is 1.38 bits per heavy atom. The van der Waals surface area contributed by atoms with Crippen molar-refractivity contribution in [2.45, 2.75) is 20.3 Å². The molecule has 8 nitrogen and oxygen atoms in total. The van der Waals surface area contributed by atoms with Gasteiger partial charge in [0.05, 0.1) is 22.0 Å². The maximum atomic E-state index is 12.3. The van der Waals surface area contributed by atoms with Gasteiger partial charge in [-0.15, -0.1) is 11.3 Å². The number of hydrogen-bond acceptors (Lipinski definition) is 6. The van der Waals surface area contributed by atoms with Crippen LogP contribution in [0.3, 0.4) is 0 Å². The van der Waals surface area contributed by atoms with Gasteiger partial charge < -0.3 is 10.4 Å². The average Bonchev–Trinajstić information content (AvgIpc) is 3.14.